The fourth-order valence-corrected chi connectivity index (χ4v) is 1.96. The average molecular weight is 264 g/mol. The highest BCUT2D eigenvalue weighted by atomic mass is 35.5. The van der Waals surface area contributed by atoms with Gasteiger partial charge in [0.1, 0.15) is 11.9 Å². The van der Waals surface area contributed by atoms with Crippen molar-refractivity contribution in [2.75, 3.05) is 12.8 Å². The maximum atomic E-state index is 10.3. The molecule has 0 bridgehead atoms. The lowest BCUT2D eigenvalue weighted by Crippen LogP contribution is -2.01. The van der Waals surface area contributed by atoms with E-state index in [0.717, 1.165) is 5.56 Å². The zero-order valence-electron chi connectivity index (χ0n) is 9.93. The van der Waals surface area contributed by atoms with E-state index in [1.54, 1.807) is 36.4 Å². The predicted molar refractivity (Wildman–Crippen MR) is 72.9 cm³/mol. The van der Waals surface area contributed by atoms with E-state index in [4.69, 9.17) is 22.1 Å². The summed E-state index contributed by atoms with van der Waals surface area (Å²) in [5.41, 5.74) is 7.76. The topological polar surface area (TPSA) is 55.5 Å². The van der Waals surface area contributed by atoms with Crippen LogP contribution in [0.15, 0.2) is 42.5 Å². The highest BCUT2D eigenvalue weighted by Gasteiger charge is 2.12. The summed E-state index contributed by atoms with van der Waals surface area (Å²) in [5, 5.41) is 10.8. The molecule has 0 amide bonds. The molecule has 0 saturated heterocycles. The van der Waals surface area contributed by atoms with Crippen molar-refractivity contribution in [2.24, 2.45) is 0 Å². The highest BCUT2D eigenvalue weighted by Crippen LogP contribution is 2.30. The summed E-state index contributed by atoms with van der Waals surface area (Å²) in [6.45, 7) is 0. The van der Waals surface area contributed by atoms with Crippen molar-refractivity contribution in [3.8, 4) is 5.75 Å². The highest BCUT2D eigenvalue weighted by molar-refractivity contribution is 6.32. The van der Waals surface area contributed by atoms with Gasteiger partial charge in [0, 0.05) is 5.69 Å². The van der Waals surface area contributed by atoms with E-state index in [9.17, 15) is 5.11 Å². The smallest absolute Gasteiger partial charge is 0.137 e. The van der Waals surface area contributed by atoms with Crippen molar-refractivity contribution in [2.45, 2.75) is 6.10 Å². The molecule has 94 valence electrons. The third-order valence-electron chi connectivity index (χ3n) is 2.72. The SMILES string of the molecule is COc1cc(C(O)c2cccc(N)c2)ccc1Cl. The molecule has 0 heterocycles. The van der Waals surface area contributed by atoms with Crippen molar-refractivity contribution in [3.05, 3.63) is 58.6 Å². The summed E-state index contributed by atoms with van der Waals surface area (Å²) in [6, 6.07) is 12.3. The van der Waals surface area contributed by atoms with Gasteiger partial charge in [-0.1, -0.05) is 29.8 Å². The molecular weight excluding hydrogens is 250 g/mol. The number of aliphatic hydroxyl groups is 1. The number of nitrogens with two attached hydrogens (primary N) is 1. The van der Waals surface area contributed by atoms with Gasteiger partial charge in [-0.05, 0) is 35.4 Å². The molecule has 4 heteroatoms. The van der Waals surface area contributed by atoms with E-state index in [-0.39, 0.29) is 0 Å². The second-order valence-corrected chi connectivity index (χ2v) is 4.37. The van der Waals surface area contributed by atoms with Crippen LogP contribution in [0, 0.1) is 0 Å². The lowest BCUT2D eigenvalue weighted by molar-refractivity contribution is 0.220. The fourth-order valence-electron chi connectivity index (χ4n) is 1.77. The number of nitrogen functional groups attached to an aromatic ring is 1. The summed E-state index contributed by atoms with van der Waals surface area (Å²) in [5.74, 6) is 0.539. The van der Waals surface area contributed by atoms with Crippen molar-refractivity contribution in [3.63, 3.8) is 0 Å². The Bertz CT molecular complexity index is 557. The van der Waals surface area contributed by atoms with Gasteiger partial charge in [0.2, 0.25) is 0 Å². The molecule has 3 nitrogen and oxygen atoms in total. The Hall–Kier alpha value is -1.71. The number of rotatable bonds is 3. The summed E-state index contributed by atoms with van der Waals surface area (Å²) >= 11 is 5.95. The van der Waals surface area contributed by atoms with E-state index < -0.39 is 6.10 Å². The van der Waals surface area contributed by atoms with Crippen LogP contribution in [-0.4, -0.2) is 12.2 Å². The van der Waals surface area contributed by atoms with Gasteiger partial charge < -0.3 is 15.6 Å². The Labute approximate surface area is 111 Å². The van der Waals surface area contributed by atoms with Crippen LogP contribution >= 0.6 is 11.6 Å². The number of halogens is 1. The zero-order chi connectivity index (χ0) is 13.1. The molecule has 0 aliphatic heterocycles. The first-order valence-electron chi connectivity index (χ1n) is 5.48. The third-order valence-corrected chi connectivity index (χ3v) is 3.03. The van der Waals surface area contributed by atoms with E-state index in [0.29, 0.717) is 22.0 Å². The predicted octanol–water partition coefficient (Wildman–Crippen LogP) is 3.01. The molecule has 0 aromatic heterocycles. The van der Waals surface area contributed by atoms with Crippen LogP contribution in [0.2, 0.25) is 5.02 Å². The molecule has 18 heavy (non-hydrogen) atoms. The molecule has 2 aromatic rings. The first-order chi connectivity index (χ1) is 8.61. The summed E-state index contributed by atoms with van der Waals surface area (Å²) in [4.78, 5) is 0. The van der Waals surface area contributed by atoms with E-state index in [1.807, 2.05) is 6.07 Å². The number of hydrogen-bond acceptors (Lipinski definition) is 3. The Morgan fingerprint density at radius 1 is 1.17 bits per heavy atom. The van der Waals surface area contributed by atoms with Crippen LogP contribution in [0.25, 0.3) is 0 Å². The van der Waals surface area contributed by atoms with Gasteiger partial charge in [-0.15, -0.1) is 0 Å². The quantitative estimate of drug-likeness (QED) is 0.837. The van der Waals surface area contributed by atoms with Crippen LogP contribution in [0.3, 0.4) is 0 Å². The molecule has 0 spiro atoms. The minimum absolute atomic E-state index is 0.515. The van der Waals surface area contributed by atoms with Crippen molar-refractivity contribution in [1.29, 1.82) is 0 Å². The van der Waals surface area contributed by atoms with Crippen LogP contribution in [0.4, 0.5) is 5.69 Å². The molecule has 1 unspecified atom stereocenters. The standard InChI is InChI=1S/C14H14ClNO2/c1-18-13-8-10(5-6-12(13)15)14(17)9-3-2-4-11(16)7-9/h2-8,14,17H,16H2,1H3. The average Bonchev–Trinajstić information content (AvgIpc) is 2.38. The summed E-state index contributed by atoms with van der Waals surface area (Å²) < 4.78 is 5.13. The monoisotopic (exact) mass is 263 g/mol. The number of anilines is 1. The molecule has 0 aliphatic carbocycles. The van der Waals surface area contributed by atoms with Gasteiger partial charge >= 0.3 is 0 Å². The van der Waals surface area contributed by atoms with E-state index >= 15 is 0 Å². The van der Waals surface area contributed by atoms with E-state index in [2.05, 4.69) is 0 Å². The van der Waals surface area contributed by atoms with Crippen LogP contribution in [0.5, 0.6) is 5.75 Å². The third kappa shape index (κ3) is 2.58. The molecule has 0 fully saturated rings. The Morgan fingerprint density at radius 3 is 2.56 bits per heavy atom. The van der Waals surface area contributed by atoms with Gasteiger partial charge in [0.25, 0.3) is 0 Å². The Kier molecular flexibility index (Phi) is 3.75. The van der Waals surface area contributed by atoms with E-state index in [1.165, 1.54) is 7.11 Å². The number of ether oxygens (including phenoxy) is 1. The number of benzene rings is 2. The molecular formula is C14H14ClNO2. The van der Waals surface area contributed by atoms with Crippen molar-refractivity contribution in [1.82, 2.24) is 0 Å². The summed E-state index contributed by atoms with van der Waals surface area (Å²) in [6.07, 6.45) is -0.750. The van der Waals surface area contributed by atoms with Crippen molar-refractivity contribution < 1.29 is 9.84 Å². The van der Waals surface area contributed by atoms with Gasteiger partial charge in [-0.25, -0.2) is 0 Å². The molecule has 2 aromatic carbocycles. The second-order valence-electron chi connectivity index (χ2n) is 3.97. The van der Waals surface area contributed by atoms with Gasteiger partial charge in [0.05, 0.1) is 12.1 Å². The molecule has 0 radical (unpaired) electrons. The number of methoxy groups -OCH3 is 1. The number of aliphatic hydroxyl groups excluding tert-OH is 1. The first-order valence-corrected chi connectivity index (χ1v) is 5.86. The largest absolute Gasteiger partial charge is 0.495 e. The summed E-state index contributed by atoms with van der Waals surface area (Å²) in [7, 11) is 1.54. The lowest BCUT2D eigenvalue weighted by atomic mass is 10.0. The normalized spacial score (nSPS) is 12.2. The molecule has 3 N–H and O–H groups in total. The Morgan fingerprint density at radius 2 is 1.89 bits per heavy atom. The Balaban J connectivity index is 2.36. The molecule has 1 atom stereocenters. The molecule has 2 rings (SSSR count). The minimum atomic E-state index is -0.750. The molecule has 0 saturated carbocycles. The first kappa shape index (κ1) is 12.7. The van der Waals surface area contributed by atoms with Gasteiger partial charge in [-0.2, -0.15) is 0 Å². The lowest BCUT2D eigenvalue weighted by Gasteiger charge is -2.13. The van der Waals surface area contributed by atoms with Gasteiger partial charge in [-0.3, -0.25) is 0 Å². The molecule has 0 aliphatic rings. The maximum Gasteiger partial charge on any atom is 0.137 e. The fraction of sp³-hybridized carbons (Fsp3) is 0.143. The zero-order valence-corrected chi connectivity index (χ0v) is 10.7. The maximum absolute atomic E-state index is 10.3. The minimum Gasteiger partial charge on any atom is -0.495 e. The second kappa shape index (κ2) is 5.29. The van der Waals surface area contributed by atoms with Crippen LogP contribution in [0.1, 0.15) is 17.2 Å². The number of hydrogen-bond donors (Lipinski definition) is 2. The van der Waals surface area contributed by atoms with Crippen LogP contribution < -0.4 is 10.5 Å². The van der Waals surface area contributed by atoms with Crippen molar-refractivity contribution >= 4 is 17.3 Å². The van der Waals surface area contributed by atoms with Gasteiger partial charge in [0.15, 0.2) is 0 Å². The van der Waals surface area contributed by atoms with Crippen LogP contribution in [-0.2, 0) is 0 Å².